The minimum Gasteiger partial charge on any atom is -0.497 e. The predicted octanol–water partition coefficient (Wildman–Crippen LogP) is 6.86. The van der Waals surface area contributed by atoms with Gasteiger partial charge in [-0.2, -0.15) is 4.20 Å². The number of H-pyrrole nitrogens is 1. The number of benzene rings is 3. The Morgan fingerprint density at radius 2 is 1.43 bits per heavy atom. The van der Waals surface area contributed by atoms with Gasteiger partial charge in [-0.25, -0.2) is 9.46 Å². The summed E-state index contributed by atoms with van der Waals surface area (Å²) in [4.78, 5) is 27.6. The first-order valence-electron chi connectivity index (χ1n) is 16.4. The molecule has 1 unspecified atom stereocenters. The highest BCUT2D eigenvalue weighted by molar-refractivity contribution is 7.44. The number of nitrogens with zero attached hydrogens (tertiary/aromatic N) is 2. The lowest BCUT2D eigenvalue weighted by molar-refractivity contribution is -0.0968. The van der Waals surface area contributed by atoms with Crippen molar-refractivity contribution in [1.82, 2.24) is 14.2 Å². The summed E-state index contributed by atoms with van der Waals surface area (Å²) >= 11 is 0. The molecule has 262 valence electrons. The Hall–Kier alpha value is -3.86. The van der Waals surface area contributed by atoms with Crippen LogP contribution in [0.4, 0.5) is 4.20 Å². The molecule has 0 radical (unpaired) electrons. The number of methoxy groups -OCH3 is 2. The van der Waals surface area contributed by atoms with Gasteiger partial charge < -0.3 is 23.5 Å². The van der Waals surface area contributed by atoms with Crippen LogP contribution in [0.15, 0.2) is 94.6 Å². The van der Waals surface area contributed by atoms with Crippen molar-refractivity contribution < 1.29 is 27.7 Å². The normalized spacial score (nSPS) is 18.7. The van der Waals surface area contributed by atoms with Crippen molar-refractivity contribution in [3.63, 3.8) is 0 Å². The number of halogens is 1. The van der Waals surface area contributed by atoms with Crippen LogP contribution < -0.4 is 20.7 Å². The maximum absolute atomic E-state index is 15.8. The molecule has 1 N–H and O–H groups in total. The van der Waals surface area contributed by atoms with E-state index >= 15 is 4.20 Å². The molecule has 0 aliphatic carbocycles. The molecule has 1 aromatic heterocycles. The van der Waals surface area contributed by atoms with Gasteiger partial charge in [-0.05, 0) is 75.6 Å². The van der Waals surface area contributed by atoms with Crippen LogP contribution in [-0.2, 0) is 19.6 Å². The molecule has 0 amide bonds. The molecule has 1 fully saturated rings. The number of aryl methyl sites for hydroxylation is 1. The summed E-state index contributed by atoms with van der Waals surface area (Å²) in [5.74, 6) is 1.36. The molecule has 10 nitrogen and oxygen atoms in total. The molecule has 0 spiro atoms. The molecule has 1 aliphatic rings. The molecule has 49 heavy (non-hydrogen) atoms. The van der Waals surface area contributed by atoms with E-state index < -0.39 is 43.9 Å². The fourth-order valence-electron chi connectivity index (χ4n) is 6.36. The summed E-state index contributed by atoms with van der Waals surface area (Å²) in [7, 11) is 0.758. The molecular weight excluding hydrogens is 648 g/mol. The van der Waals surface area contributed by atoms with E-state index in [4.69, 9.17) is 23.5 Å². The maximum atomic E-state index is 15.8. The van der Waals surface area contributed by atoms with Crippen LogP contribution in [-0.4, -0.2) is 59.3 Å². The standard InChI is InChI=1S/C37H45FN3O7P/c1-24(2)41(25(3)4)49(38)46-23-33-32(21-34(47-33)40-22-26(5)35(42)39-36(40)43)48-37(27-11-9-8-10-12-27,28-13-17-30(44-6)18-14-28)29-15-19-31(45-7)20-16-29/h8-20,22,24-25,32-34H,21,23H2,1-7H3,(H,39,42,43)/t32-,33+,34+,49?/m0/s1. The van der Waals surface area contributed by atoms with Gasteiger partial charge >= 0.3 is 14.3 Å². The Balaban J connectivity index is 1.63. The maximum Gasteiger partial charge on any atom is 0.330 e. The van der Waals surface area contributed by atoms with Crippen LogP contribution in [0.2, 0.25) is 0 Å². The summed E-state index contributed by atoms with van der Waals surface area (Å²) in [5.41, 5.74) is 0.525. The lowest BCUT2D eigenvalue weighted by Crippen LogP contribution is -2.41. The highest BCUT2D eigenvalue weighted by Crippen LogP contribution is 2.49. The number of aromatic amines is 1. The second-order valence-corrected chi connectivity index (χ2v) is 13.8. The zero-order chi connectivity index (χ0) is 35.3. The van der Waals surface area contributed by atoms with Gasteiger partial charge in [0.05, 0.1) is 26.9 Å². The third-order valence-corrected chi connectivity index (χ3v) is 10.4. The quantitative estimate of drug-likeness (QED) is 0.113. The Kier molecular flexibility index (Phi) is 11.7. The molecule has 3 aromatic carbocycles. The highest BCUT2D eigenvalue weighted by Gasteiger charge is 2.47. The molecule has 0 bridgehead atoms. The van der Waals surface area contributed by atoms with E-state index in [0.717, 1.165) is 16.7 Å². The molecule has 1 aliphatic heterocycles. The minimum atomic E-state index is -2.46. The van der Waals surface area contributed by atoms with Crippen LogP contribution in [0.25, 0.3) is 0 Å². The van der Waals surface area contributed by atoms with Crippen molar-refractivity contribution in [2.75, 3.05) is 20.8 Å². The van der Waals surface area contributed by atoms with Crippen molar-refractivity contribution in [3.8, 4) is 11.5 Å². The van der Waals surface area contributed by atoms with Crippen molar-refractivity contribution in [2.45, 2.75) is 77.2 Å². The first-order valence-corrected chi connectivity index (χ1v) is 17.5. The van der Waals surface area contributed by atoms with Gasteiger partial charge in [0.15, 0.2) is 0 Å². The topological polar surface area (TPSA) is 104 Å². The van der Waals surface area contributed by atoms with Crippen LogP contribution in [0.3, 0.4) is 0 Å². The van der Waals surface area contributed by atoms with Crippen LogP contribution in [0.1, 0.15) is 62.6 Å². The van der Waals surface area contributed by atoms with E-state index in [1.807, 2.05) is 107 Å². The average Bonchev–Trinajstić information content (AvgIpc) is 3.50. The Bertz CT molecular complexity index is 1730. The fourth-order valence-corrected chi connectivity index (χ4v) is 7.49. The summed E-state index contributed by atoms with van der Waals surface area (Å²) in [5, 5.41) is 0. The lowest BCUT2D eigenvalue weighted by atomic mass is 9.79. The van der Waals surface area contributed by atoms with E-state index in [9.17, 15) is 9.59 Å². The second-order valence-electron chi connectivity index (χ2n) is 12.6. The largest absolute Gasteiger partial charge is 0.497 e. The highest BCUT2D eigenvalue weighted by atomic mass is 31.2. The molecule has 12 heteroatoms. The van der Waals surface area contributed by atoms with Crippen LogP contribution in [0.5, 0.6) is 11.5 Å². The van der Waals surface area contributed by atoms with Crippen molar-refractivity contribution in [1.29, 1.82) is 0 Å². The third-order valence-electron chi connectivity index (χ3n) is 8.72. The average molecular weight is 694 g/mol. The number of hydrogen-bond donors (Lipinski definition) is 1. The van der Waals surface area contributed by atoms with E-state index in [-0.39, 0.29) is 25.1 Å². The van der Waals surface area contributed by atoms with Gasteiger partial charge in [0, 0.05) is 30.3 Å². The van der Waals surface area contributed by atoms with Crippen LogP contribution in [0, 0.1) is 6.92 Å². The van der Waals surface area contributed by atoms with E-state index in [2.05, 4.69) is 4.98 Å². The first-order chi connectivity index (χ1) is 23.5. The molecule has 4 aromatic rings. The number of hydrogen-bond acceptors (Lipinski definition) is 8. The van der Waals surface area contributed by atoms with Gasteiger partial charge in [-0.3, -0.25) is 14.3 Å². The lowest BCUT2D eigenvalue weighted by Gasteiger charge is -2.39. The van der Waals surface area contributed by atoms with E-state index in [0.29, 0.717) is 17.1 Å². The first kappa shape index (κ1) is 36.4. The predicted molar refractivity (Wildman–Crippen MR) is 188 cm³/mol. The molecule has 4 atom stereocenters. The van der Waals surface area contributed by atoms with Gasteiger partial charge in [0.1, 0.15) is 29.4 Å². The molecular formula is C37H45FN3O7P. The minimum absolute atomic E-state index is 0.0843. The number of rotatable bonds is 14. The number of ether oxygens (including phenoxy) is 4. The van der Waals surface area contributed by atoms with Crippen molar-refractivity contribution in [2.24, 2.45) is 0 Å². The van der Waals surface area contributed by atoms with E-state index in [1.165, 1.54) is 10.8 Å². The molecule has 0 saturated carbocycles. The zero-order valence-corrected chi connectivity index (χ0v) is 29.9. The van der Waals surface area contributed by atoms with Gasteiger partial charge in [-0.1, -0.05) is 54.6 Å². The van der Waals surface area contributed by atoms with Crippen molar-refractivity contribution >= 4 is 8.61 Å². The SMILES string of the molecule is COc1ccc(C(O[C@H]2C[C@H](n3cc(C)c(=O)[nH]c3=O)O[C@@H]2COP(F)N(C(C)C)C(C)C)(c2ccccc2)c2ccc(OC)cc2)cc1. The zero-order valence-electron chi connectivity index (χ0n) is 29.0. The Morgan fingerprint density at radius 1 is 0.898 bits per heavy atom. The fraction of sp³-hybridized carbons (Fsp3) is 0.405. The third kappa shape index (κ3) is 7.82. The van der Waals surface area contributed by atoms with Crippen LogP contribution >= 0.6 is 8.61 Å². The molecule has 2 heterocycles. The Labute approximate surface area is 287 Å². The monoisotopic (exact) mass is 693 g/mol. The number of aromatic nitrogens is 2. The van der Waals surface area contributed by atoms with Gasteiger partial charge in [-0.15, -0.1) is 0 Å². The number of nitrogens with one attached hydrogen (secondary N) is 1. The van der Waals surface area contributed by atoms with Gasteiger partial charge in [0.25, 0.3) is 5.56 Å². The summed E-state index contributed by atoms with van der Waals surface area (Å²) < 4.78 is 49.5. The van der Waals surface area contributed by atoms with E-state index in [1.54, 1.807) is 25.8 Å². The van der Waals surface area contributed by atoms with Crippen molar-refractivity contribution in [3.05, 3.63) is 128 Å². The Morgan fingerprint density at radius 3 is 1.94 bits per heavy atom. The summed E-state index contributed by atoms with van der Waals surface area (Å²) in [6.07, 6.45) is -0.624. The smallest absolute Gasteiger partial charge is 0.330 e. The summed E-state index contributed by atoms with van der Waals surface area (Å²) in [6.45, 7) is 9.19. The summed E-state index contributed by atoms with van der Waals surface area (Å²) in [6, 6.07) is 25.0. The molecule has 1 saturated heterocycles. The molecule has 5 rings (SSSR count). The van der Waals surface area contributed by atoms with Gasteiger partial charge in [0.2, 0.25) is 0 Å². The second kappa shape index (κ2) is 15.8.